The van der Waals surface area contributed by atoms with E-state index >= 15 is 0 Å². The molecule has 0 unspecified atom stereocenters. The average molecular weight is 256 g/mol. The van der Waals surface area contributed by atoms with Crippen molar-refractivity contribution in [3.05, 3.63) is 16.4 Å². The van der Waals surface area contributed by atoms with E-state index in [1.807, 2.05) is 6.92 Å². The lowest BCUT2D eigenvalue weighted by molar-refractivity contribution is -0.383. The van der Waals surface area contributed by atoms with Crippen LogP contribution in [0.25, 0.3) is 0 Å². The van der Waals surface area contributed by atoms with Crippen molar-refractivity contribution in [1.29, 1.82) is 0 Å². The van der Waals surface area contributed by atoms with E-state index in [1.165, 1.54) is 6.33 Å². The molecule has 100 valence electrons. The molecule has 1 aromatic rings. The molecule has 0 saturated heterocycles. The number of nitrogen functional groups attached to an aromatic ring is 1. The third kappa shape index (κ3) is 3.25. The summed E-state index contributed by atoms with van der Waals surface area (Å²) in [6, 6.07) is 0. The highest BCUT2D eigenvalue weighted by Crippen LogP contribution is 2.30. The van der Waals surface area contributed by atoms with Gasteiger partial charge in [-0.3, -0.25) is 10.1 Å². The van der Waals surface area contributed by atoms with Gasteiger partial charge in [0, 0.05) is 20.2 Å². The van der Waals surface area contributed by atoms with Gasteiger partial charge in [-0.05, 0) is 6.92 Å². The first kappa shape index (κ1) is 14.1. The predicted molar refractivity (Wildman–Crippen MR) is 66.3 cm³/mol. The van der Waals surface area contributed by atoms with Crippen LogP contribution in [0.1, 0.15) is 6.92 Å². The van der Waals surface area contributed by atoms with Crippen LogP contribution >= 0.6 is 0 Å². The Morgan fingerprint density at radius 1 is 1.61 bits per heavy atom. The van der Waals surface area contributed by atoms with Crippen LogP contribution in [0.5, 0.6) is 0 Å². The molecular formula is C9H16N6O3. The first-order valence-electron chi connectivity index (χ1n) is 5.36. The van der Waals surface area contributed by atoms with Gasteiger partial charge in [0.15, 0.2) is 0 Å². The zero-order valence-corrected chi connectivity index (χ0v) is 10.3. The Labute approximate surface area is 104 Å². The number of nitrogens with zero attached hydrogens (tertiary/aromatic N) is 4. The summed E-state index contributed by atoms with van der Waals surface area (Å²) in [7, 11) is 1.69. The Balaban J connectivity index is 2.96. The van der Waals surface area contributed by atoms with Gasteiger partial charge < -0.3 is 15.1 Å². The molecule has 9 heteroatoms. The summed E-state index contributed by atoms with van der Waals surface area (Å²) in [6.07, 6.45) is 1.22. The lowest BCUT2D eigenvalue weighted by atomic mass is 10.4. The SMILES string of the molecule is CCOCCN(C)c1ncnc(NN)c1[N+](=O)[O-]. The first-order chi connectivity index (χ1) is 8.61. The lowest BCUT2D eigenvalue weighted by Crippen LogP contribution is -2.25. The lowest BCUT2D eigenvalue weighted by Gasteiger charge is -2.18. The standard InChI is InChI=1S/C9H16N6O3/c1-3-18-5-4-14(2)9-7(15(16)17)8(13-10)11-6-12-9/h6H,3-5,10H2,1-2H3,(H,11,12,13). The maximum atomic E-state index is 11.0. The molecule has 1 aromatic heterocycles. The Morgan fingerprint density at radius 3 is 2.89 bits per heavy atom. The molecule has 0 bridgehead atoms. The number of ether oxygens (including phenoxy) is 1. The van der Waals surface area contributed by atoms with E-state index in [9.17, 15) is 10.1 Å². The molecular weight excluding hydrogens is 240 g/mol. The monoisotopic (exact) mass is 256 g/mol. The summed E-state index contributed by atoms with van der Waals surface area (Å²) in [6.45, 7) is 3.41. The fraction of sp³-hybridized carbons (Fsp3) is 0.556. The maximum Gasteiger partial charge on any atom is 0.354 e. The second kappa shape index (κ2) is 6.67. The van der Waals surface area contributed by atoms with Crippen LogP contribution in [0, 0.1) is 10.1 Å². The number of hydrogen-bond acceptors (Lipinski definition) is 8. The van der Waals surface area contributed by atoms with Gasteiger partial charge in [-0.25, -0.2) is 15.8 Å². The highest BCUT2D eigenvalue weighted by Gasteiger charge is 2.24. The van der Waals surface area contributed by atoms with Crippen molar-refractivity contribution in [2.75, 3.05) is 37.1 Å². The summed E-state index contributed by atoms with van der Waals surface area (Å²) in [5.74, 6) is 5.37. The van der Waals surface area contributed by atoms with Crippen LogP contribution < -0.4 is 16.2 Å². The number of likely N-dealkylation sites (N-methyl/N-ethyl adjacent to an activating group) is 1. The molecule has 0 saturated carbocycles. The number of anilines is 2. The van der Waals surface area contributed by atoms with Gasteiger partial charge in [0.25, 0.3) is 0 Å². The van der Waals surface area contributed by atoms with Crippen LogP contribution in [0.3, 0.4) is 0 Å². The summed E-state index contributed by atoms with van der Waals surface area (Å²) in [5, 5.41) is 11.0. The van der Waals surface area contributed by atoms with E-state index in [0.29, 0.717) is 19.8 Å². The second-order valence-electron chi connectivity index (χ2n) is 3.41. The van der Waals surface area contributed by atoms with Crippen molar-refractivity contribution in [3.63, 3.8) is 0 Å². The molecule has 3 N–H and O–H groups in total. The van der Waals surface area contributed by atoms with Gasteiger partial charge in [-0.1, -0.05) is 0 Å². The van der Waals surface area contributed by atoms with E-state index in [4.69, 9.17) is 10.6 Å². The normalized spacial score (nSPS) is 10.2. The number of aromatic nitrogens is 2. The smallest absolute Gasteiger partial charge is 0.354 e. The summed E-state index contributed by atoms with van der Waals surface area (Å²) >= 11 is 0. The van der Waals surface area contributed by atoms with Gasteiger partial charge in [0.05, 0.1) is 11.5 Å². The summed E-state index contributed by atoms with van der Waals surface area (Å²) in [5.41, 5.74) is 1.94. The minimum atomic E-state index is -0.568. The number of nitrogens with one attached hydrogen (secondary N) is 1. The van der Waals surface area contributed by atoms with Gasteiger partial charge >= 0.3 is 5.69 Å². The molecule has 0 aliphatic heterocycles. The minimum Gasteiger partial charge on any atom is -0.380 e. The summed E-state index contributed by atoms with van der Waals surface area (Å²) < 4.78 is 5.19. The van der Waals surface area contributed by atoms with E-state index in [1.54, 1.807) is 11.9 Å². The van der Waals surface area contributed by atoms with Gasteiger partial charge in [-0.2, -0.15) is 0 Å². The highest BCUT2D eigenvalue weighted by atomic mass is 16.6. The van der Waals surface area contributed by atoms with Crippen LogP contribution in [0.4, 0.5) is 17.3 Å². The van der Waals surface area contributed by atoms with Crippen LogP contribution in [-0.4, -0.2) is 41.7 Å². The molecule has 0 aromatic carbocycles. The maximum absolute atomic E-state index is 11.0. The Bertz CT molecular complexity index is 413. The van der Waals surface area contributed by atoms with Crippen molar-refractivity contribution in [3.8, 4) is 0 Å². The van der Waals surface area contributed by atoms with E-state index in [2.05, 4.69) is 15.4 Å². The predicted octanol–water partition coefficient (Wildman–Crippen LogP) is 0.143. The van der Waals surface area contributed by atoms with Crippen molar-refractivity contribution < 1.29 is 9.66 Å². The van der Waals surface area contributed by atoms with E-state index in [-0.39, 0.29) is 17.3 Å². The van der Waals surface area contributed by atoms with Gasteiger partial charge in [0.2, 0.25) is 11.6 Å². The molecule has 0 aliphatic rings. The second-order valence-corrected chi connectivity index (χ2v) is 3.41. The zero-order chi connectivity index (χ0) is 13.5. The van der Waals surface area contributed by atoms with Gasteiger partial charge in [0.1, 0.15) is 6.33 Å². The van der Waals surface area contributed by atoms with E-state index in [0.717, 1.165) is 0 Å². The third-order valence-corrected chi connectivity index (χ3v) is 2.26. The van der Waals surface area contributed by atoms with Crippen molar-refractivity contribution in [2.24, 2.45) is 5.84 Å². The number of hydrogen-bond donors (Lipinski definition) is 2. The topological polar surface area (TPSA) is 119 Å². The Kier molecular flexibility index (Phi) is 5.21. The molecule has 9 nitrogen and oxygen atoms in total. The molecule has 0 radical (unpaired) electrons. The van der Waals surface area contributed by atoms with Crippen molar-refractivity contribution >= 4 is 17.3 Å². The average Bonchev–Trinajstić information content (AvgIpc) is 2.37. The minimum absolute atomic E-state index is 0.0201. The fourth-order valence-corrected chi connectivity index (χ4v) is 1.37. The number of nitro groups is 1. The molecule has 0 amide bonds. The molecule has 0 aliphatic carbocycles. The number of rotatable bonds is 7. The highest BCUT2D eigenvalue weighted by molar-refractivity contribution is 5.69. The van der Waals surface area contributed by atoms with Crippen LogP contribution in [-0.2, 0) is 4.74 Å². The largest absolute Gasteiger partial charge is 0.380 e. The molecule has 1 rings (SSSR count). The Hall–Kier alpha value is -2.00. The quantitative estimate of drug-likeness (QED) is 0.306. The van der Waals surface area contributed by atoms with Crippen molar-refractivity contribution in [1.82, 2.24) is 9.97 Å². The molecule has 0 spiro atoms. The summed E-state index contributed by atoms with van der Waals surface area (Å²) in [4.78, 5) is 19.7. The van der Waals surface area contributed by atoms with Crippen LogP contribution in [0.15, 0.2) is 6.33 Å². The van der Waals surface area contributed by atoms with Crippen molar-refractivity contribution in [2.45, 2.75) is 6.92 Å². The molecule has 0 fully saturated rings. The van der Waals surface area contributed by atoms with Gasteiger partial charge in [-0.15, -0.1) is 0 Å². The number of hydrazine groups is 1. The molecule has 1 heterocycles. The third-order valence-electron chi connectivity index (χ3n) is 2.26. The molecule has 18 heavy (non-hydrogen) atoms. The zero-order valence-electron chi connectivity index (χ0n) is 10.3. The fourth-order valence-electron chi connectivity index (χ4n) is 1.37. The van der Waals surface area contributed by atoms with E-state index < -0.39 is 4.92 Å². The molecule has 0 atom stereocenters. The number of nitrogens with two attached hydrogens (primary N) is 1. The first-order valence-corrected chi connectivity index (χ1v) is 5.36. The van der Waals surface area contributed by atoms with Crippen LogP contribution in [0.2, 0.25) is 0 Å². The Morgan fingerprint density at radius 2 is 2.33 bits per heavy atom.